The molecular weight excluding hydrogens is 431 g/mol. The molecule has 0 aliphatic carbocycles. The second-order valence-electron chi connectivity index (χ2n) is 9.60. The van der Waals surface area contributed by atoms with Gasteiger partial charge in [0, 0.05) is 24.0 Å². The Kier molecular flexibility index (Phi) is 6.08. The van der Waals surface area contributed by atoms with E-state index in [-0.39, 0.29) is 41.5 Å². The molecule has 1 aromatic carbocycles. The summed E-state index contributed by atoms with van der Waals surface area (Å²) in [5, 5.41) is 16.0. The third-order valence-corrected chi connectivity index (χ3v) is 9.11. The molecule has 10 heteroatoms. The standard InChI is InChI=1S/C22H29FN4O4Si/c1-32(2)11-18(21(30)25-15(10-28)8-14-6-7-24-20(14)29)27(12-32)22(31)17-9-13-4-3-5-16(23)19(13)26-17/h3-5,9,14-15,18,26,28H,6-8,10-12H2,1-2H3,(H,24,29)(H,25,30)/t14-,15-,18-/m0/s1. The Morgan fingerprint density at radius 3 is 2.81 bits per heavy atom. The number of H-pyrrole nitrogens is 1. The van der Waals surface area contributed by atoms with E-state index in [0.717, 1.165) is 0 Å². The zero-order valence-electron chi connectivity index (χ0n) is 18.3. The van der Waals surface area contributed by atoms with Crippen LogP contribution < -0.4 is 10.6 Å². The van der Waals surface area contributed by atoms with E-state index in [1.165, 1.54) is 6.07 Å². The summed E-state index contributed by atoms with van der Waals surface area (Å²) in [6, 6.07) is 5.63. The SMILES string of the molecule is C[Si]1(C)C[C@@H](C(=O)N[C@H](CO)C[C@@H]2CCNC2=O)N(C(=O)c2cc3cccc(F)c3[nH]2)C1. The number of aromatic amines is 1. The first kappa shape index (κ1) is 22.5. The van der Waals surface area contributed by atoms with Crippen LogP contribution in [-0.2, 0) is 9.59 Å². The molecule has 0 bridgehead atoms. The minimum Gasteiger partial charge on any atom is -0.394 e. The fourth-order valence-electron chi connectivity index (χ4n) is 4.80. The number of rotatable bonds is 6. The summed E-state index contributed by atoms with van der Waals surface area (Å²) in [6.45, 7) is 4.57. The van der Waals surface area contributed by atoms with Crippen molar-refractivity contribution in [2.24, 2.45) is 5.92 Å². The minimum atomic E-state index is -1.85. The van der Waals surface area contributed by atoms with Gasteiger partial charge in [0.2, 0.25) is 11.8 Å². The largest absolute Gasteiger partial charge is 0.394 e. The topological polar surface area (TPSA) is 115 Å². The molecule has 0 spiro atoms. The van der Waals surface area contributed by atoms with Crippen LogP contribution in [0.25, 0.3) is 10.9 Å². The van der Waals surface area contributed by atoms with Crippen LogP contribution in [0.5, 0.6) is 0 Å². The molecule has 2 fully saturated rings. The number of hydrogen-bond donors (Lipinski definition) is 4. The van der Waals surface area contributed by atoms with Crippen LogP contribution in [-0.4, -0.2) is 72.2 Å². The molecule has 0 saturated carbocycles. The van der Waals surface area contributed by atoms with Gasteiger partial charge in [-0.3, -0.25) is 14.4 Å². The Labute approximate surface area is 186 Å². The monoisotopic (exact) mass is 460 g/mol. The van der Waals surface area contributed by atoms with Gasteiger partial charge in [-0.15, -0.1) is 0 Å². The Hall–Kier alpha value is -2.72. The maximum absolute atomic E-state index is 14.1. The summed E-state index contributed by atoms with van der Waals surface area (Å²) in [5.74, 6) is -1.39. The highest BCUT2D eigenvalue weighted by atomic mass is 28.3. The van der Waals surface area contributed by atoms with Crippen LogP contribution in [0.3, 0.4) is 0 Å². The average molecular weight is 461 g/mol. The Bertz CT molecular complexity index is 1060. The maximum Gasteiger partial charge on any atom is 0.270 e. The van der Waals surface area contributed by atoms with Crippen molar-refractivity contribution in [1.29, 1.82) is 0 Å². The quantitative estimate of drug-likeness (QED) is 0.488. The van der Waals surface area contributed by atoms with Crippen LogP contribution in [0.1, 0.15) is 23.3 Å². The summed E-state index contributed by atoms with van der Waals surface area (Å²) >= 11 is 0. The highest BCUT2D eigenvalue weighted by molar-refractivity contribution is 6.79. The number of hydrogen-bond acceptors (Lipinski definition) is 4. The molecule has 4 rings (SSSR count). The summed E-state index contributed by atoms with van der Waals surface area (Å²) in [7, 11) is -1.85. The highest BCUT2D eigenvalue weighted by Crippen LogP contribution is 2.30. The number of aliphatic hydroxyl groups excluding tert-OH is 1. The lowest BCUT2D eigenvalue weighted by atomic mass is 9.98. The van der Waals surface area contributed by atoms with Gasteiger partial charge >= 0.3 is 0 Å². The molecule has 0 radical (unpaired) electrons. The normalized spacial score (nSPS) is 23.4. The number of carbonyl (C=O) groups excluding carboxylic acids is 3. The van der Waals surface area contributed by atoms with Crippen LogP contribution in [0.4, 0.5) is 4.39 Å². The van der Waals surface area contributed by atoms with Crippen molar-refractivity contribution in [2.45, 2.75) is 44.1 Å². The molecule has 3 atom stereocenters. The molecule has 2 aliphatic rings. The van der Waals surface area contributed by atoms with Gasteiger partial charge in [-0.1, -0.05) is 25.2 Å². The minimum absolute atomic E-state index is 0.0602. The second-order valence-corrected chi connectivity index (χ2v) is 14.7. The molecule has 2 aromatic rings. The van der Waals surface area contributed by atoms with Gasteiger partial charge in [0.1, 0.15) is 17.6 Å². The van der Waals surface area contributed by atoms with Gasteiger partial charge in [-0.05, 0) is 31.0 Å². The van der Waals surface area contributed by atoms with E-state index < -0.39 is 26.0 Å². The molecule has 8 nitrogen and oxygen atoms in total. The number of aromatic nitrogens is 1. The van der Waals surface area contributed by atoms with Gasteiger partial charge in [0.05, 0.1) is 26.2 Å². The maximum atomic E-state index is 14.1. The van der Waals surface area contributed by atoms with E-state index in [0.29, 0.717) is 37.0 Å². The predicted molar refractivity (Wildman–Crippen MR) is 120 cm³/mol. The van der Waals surface area contributed by atoms with Crippen molar-refractivity contribution >= 4 is 36.7 Å². The van der Waals surface area contributed by atoms with Crippen LogP contribution in [0, 0.1) is 11.7 Å². The van der Waals surface area contributed by atoms with E-state index in [9.17, 15) is 23.9 Å². The molecule has 3 heterocycles. The Morgan fingerprint density at radius 1 is 1.38 bits per heavy atom. The summed E-state index contributed by atoms with van der Waals surface area (Å²) in [6.07, 6.45) is 1.55. The molecule has 32 heavy (non-hydrogen) atoms. The first-order valence-electron chi connectivity index (χ1n) is 11.0. The second kappa shape index (κ2) is 8.66. The van der Waals surface area contributed by atoms with Crippen LogP contribution in [0.15, 0.2) is 24.3 Å². The zero-order chi connectivity index (χ0) is 23.0. The molecule has 172 valence electrons. The first-order chi connectivity index (χ1) is 15.2. The number of carbonyl (C=O) groups is 3. The lowest BCUT2D eigenvalue weighted by molar-refractivity contribution is -0.127. The van der Waals surface area contributed by atoms with Gasteiger partial charge in [-0.25, -0.2) is 4.39 Å². The smallest absolute Gasteiger partial charge is 0.270 e. The van der Waals surface area contributed by atoms with E-state index in [1.54, 1.807) is 23.1 Å². The van der Waals surface area contributed by atoms with Crippen molar-refractivity contribution < 1.29 is 23.9 Å². The Morgan fingerprint density at radius 2 is 2.16 bits per heavy atom. The number of benzene rings is 1. The van der Waals surface area contributed by atoms with Gasteiger partial charge in [0.25, 0.3) is 5.91 Å². The zero-order valence-corrected chi connectivity index (χ0v) is 19.3. The van der Waals surface area contributed by atoms with Crippen molar-refractivity contribution in [1.82, 2.24) is 20.5 Å². The molecule has 3 amide bonds. The summed E-state index contributed by atoms with van der Waals surface area (Å²) in [4.78, 5) is 42.8. The number of halogens is 1. The number of nitrogens with zero attached hydrogens (tertiary/aromatic N) is 1. The summed E-state index contributed by atoms with van der Waals surface area (Å²) < 4.78 is 14.1. The number of aliphatic hydroxyl groups is 1. The van der Waals surface area contributed by atoms with Gasteiger partial charge in [-0.2, -0.15) is 0 Å². The molecule has 2 saturated heterocycles. The van der Waals surface area contributed by atoms with E-state index in [1.807, 2.05) is 0 Å². The lowest BCUT2D eigenvalue weighted by Crippen LogP contribution is -2.50. The third kappa shape index (κ3) is 4.42. The number of fused-ring (bicyclic) bond motifs is 1. The van der Waals surface area contributed by atoms with Crippen LogP contribution >= 0.6 is 0 Å². The van der Waals surface area contributed by atoms with E-state index in [4.69, 9.17) is 0 Å². The van der Waals surface area contributed by atoms with Crippen molar-refractivity contribution in [3.8, 4) is 0 Å². The molecule has 2 aliphatic heterocycles. The van der Waals surface area contributed by atoms with Crippen molar-refractivity contribution in [3.63, 3.8) is 0 Å². The van der Waals surface area contributed by atoms with E-state index >= 15 is 0 Å². The highest BCUT2D eigenvalue weighted by Gasteiger charge is 2.45. The summed E-state index contributed by atoms with van der Waals surface area (Å²) in [5.41, 5.74) is 0.513. The predicted octanol–water partition coefficient (Wildman–Crippen LogP) is 1.38. The number of para-hydroxylation sites is 1. The lowest BCUT2D eigenvalue weighted by Gasteiger charge is -2.26. The van der Waals surface area contributed by atoms with Gasteiger partial charge in [0.15, 0.2) is 0 Å². The first-order valence-corrected chi connectivity index (χ1v) is 14.4. The molecule has 0 unspecified atom stereocenters. The molecule has 4 N–H and O–H groups in total. The molecular formula is C22H29FN4O4Si. The Balaban J connectivity index is 1.51. The third-order valence-electron chi connectivity index (χ3n) is 6.42. The fourth-order valence-corrected chi connectivity index (χ4v) is 7.66. The number of amides is 3. The average Bonchev–Trinajstić information content (AvgIpc) is 3.44. The molecule has 1 aromatic heterocycles. The fraction of sp³-hybridized carbons (Fsp3) is 0.500. The van der Waals surface area contributed by atoms with Crippen molar-refractivity contribution in [2.75, 3.05) is 19.3 Å². The van der Waals surface area contributed by atoms with Crippen LogP contribution in [0.2, 0.25) is 19.1 Å². The van der Waals surface area contributed by atoms with E-state index in [2.05, 4.69) is 28.7 Å². The van der Waals surface area contributed by atoms with Crippen molar-refractivity contribution in [3.05, 3.63) is 35.8 Å². The van der Waals surface area contributed by atoms with Gasteiger partial charge < -0.3 is 25.6 Å². The number of nitrogens with one attached hydrogen (secondary N) is 3.